The van der Waals surface area contributed by atoms with Crippen LogP contribution in [0.5, 0.6) is 0 Å². The summed E-state index contributed by atoms with van der Waals surface area (Å²) in [5.41, 5.74) is 3.47. The predicted octanol–water partition coefficient (Wildman–Crippen LogP) is 2.91. The number of amides is 2. The normalized spacial score (nSPS) is 10.7. The SMILES string of the molecule is CCN(CC)C(=O)CN(C)C(=O)CSc1nccn1-c1ccc(C)c(C)c1. The highest BCUT2D eigenvalue weighted by atomic mass is 32.2. The lowest BCUT2D eigenvalue weighted by atomic mass is 10.1. The first-order valence-corrected chi connectivity index (χ1v) is 10.1. The van der Waals surface area contributed by atoms with Gasteiger partial charge in [0.25, 0.3) is 0 Å². The van der Waals surface area contributed by atoms with E-state index in [-0.39, 0.29) is 24.1 Å². The van der Waals surface area contributed by atoms with Gasteiger partial charge in [-0.3, -0.25) is 14.2 Å². The second-order valence-corrected chi connectivity index (χ2v) is 7.40. The minimum Gasteiger partial charge on any atom is -0.342 e. The predicted molar refractivity (Wildman–Crippen MR) is 109 cm³/mol. The van der Waals surface area contributed by atoms with Gasteiger partial charge in [-0.05, 0) is 51.0 Å². The van der Waals surface area contributed by atoms with Gasteiger partial charge in [0, 0.05) is 38.2 Å². The van der Waals surface area contributed by atoms with Crippen LogP contribution >= 0.6 is 11.8 Å². The van der Waals surface area contributed by atoms with Crippen molar-refractivity contribution in [1.29, 1.82) is 0 Å². The van der Waals surface area contributed by atoms with Gasteiger partial charge in [-0.15, -0.1) is 0 Å². The largest absolute Gasteiger partial charge is 0.342 e. The Labute approximate surface area is 165 Å². The number of hydrogen-bond donors (Lipinski definition) is 0. The first kappa shape index (κ1) is 21.0. The lowest BCUT2D eigenvalue weighted by molar-refractivity contribution is -0.137. The van der Waals surface area contributed by atoms with Crippen molar-refractivity contribution in [2.24, 2.45) is 0 Å². The van der Waals surface area contributed by atoms with Crippen LogP contribution in [0.1, 0.15) is 25.0 Å². The van der Waals surface area contributed by atoms with E-state index in [1.165, 1.54) is 27.8 Å². The zero-order chi connectivity index (χ0) is 20.0. The van der Waals surface area contributed by atoms with Gasteiger partial charge < -0.3 is 9.80 Å². The Morgan fingerprint density at radius 2 is 1.81 bits per heavy atom. The number of imidazole rings is 1. The number of hydrogen-bond acceptors (Lipinski definition) is 4. The van der Waals surface area contributed by atoms with Crippen LogP contribution in [0.2, 0.25) is 0 Å². The number of carbonyl (C=O) groups is 2. The Balaban J connectivity index is 1.99. The van der Waals surface area contributed by atoms with Crippen molar-refractivity contribution >= 4 is 23.6 Å². The molecular weight excluding hydrogens is 360 g/mol. The number of likely N-dealkylation sites (N-methyl/N-ethyl adjacent to an activating group) is 2. The summed E-state index contributed by atoms with van der Waals surface area (Å²) in [7, 11) is 1.67. The minimum absolute atomic E-state index is 0.0301. The molecule has 2 amide bonds. The Morgan fingerprint density at radius 3 is 2.44 bits per heavy atom. The Morgan fingerprint density at radius 1 is 1.11 bits per heavy atom. The second kappa shape index (κ2) is 9.60. The molecule has 0 N–H and O–H groups in total. The number of aryl methyl sites for hydroxylation is 2. The van der Waals surface area contributed by atoms with Gasteiger partial charge in [0.15, 0.2) is 5.16 Å². The van der Waals surface area contributed by atoms with Crippen molar-refractivity contribution < 1.29 is 9.59 Å². The van der Waals surface area contributed by atoms with Crippen molar-refractivity contribution in [3.05, 3.63) is 41.7 Å². The topological polar surface area (TPSA) is 58.4 Å². The summed E-state index contributed by atoms with van der Waals surface area (Å²) in [5, 5.41) is 0.759. The molecule has 1 heterocycles. The Bertz CT molecular complexity index is 799. The number of nitrogens with zero attached hydrogens (tertiary/aromatic N) is 4. The average Bonchev–Trinajstić information content (AvgIpc) is 3.11. The highest BCUT2D eigenvalue weighted by molar-refractivity contribution is 7.99. The third-order valence-corrected chi connectivity index (χ3v) is 5.57. The monoisotopic (exact) mass is 388 g/mol. The smallest absolute Gasteiger partial charge is 0.242 e. The van der Waals surface area contributed by atoms with E-state index in [1.807, 2.05) is 30.7 Å². The molecule has 7 heteroatoms. The van der Waals surface area contributed by atoms with Gasteiger partial charge in [-0.1, -0.05) is 17.8 Å². The van der Waals surface area contributed by atoms with Crippen LogP contribution in [0.4, 0.5) is 0 Å². The molecule has 146 valence electrons. The molecule has 0 fully saturated rings. The van der Waals surface area contributed by atoms with Gasteiger partial charge in [0.05, 0.1) is 12.3 Å². The molecule has 2 rings (SSSR count). The summed E-state index contributed by atoms with van der Waals surface area (Å²) in [6.45, 7) is 9.44. The molecule has 1 aromatic carbocycles. The molecule has 0 bridgehead atoms. The third-order valence-electron chi connectivity index (χ3n) is 4.61. The van der Waals surface area contributed by atoms with Crippen LogP contribution in [0.15, 0.2) is 35.7 Å². The van der Waals surface area contributed by atoms with Crippen LogP contribution < -0.4 is 0 Å². The fraction of sp³-hybridized carbons (Fsp3) is 0.450. The fourth-order valence-electron chi connectivity index (χ4n) is 2.67. The van der Waals surface area contributed by atoms with Crippen LogP contribution in [0.3, 0.4) is 0 Å². The maximum Gasteiger partial charge on any atom is 0.242 e. The lowest BCUT2D eigenvalue weighted by Gasteiger charge is -2.23. The maximum absolute atomic E-state index is 12.4. The van der Waals surface area contributed by atoms with E-state index in [1.54, 1.807) is 18.1 Å². The van der Waals surface area contributed by atoms with E-state index >= 15 is 0 Å². The molecule has 0 radical (unpaired) electrons. The van der Waals surface area contributed by atoms with E-state index in [4.69, 9.17) is 0 Å². The molecule has 1 aromatic heterocycles. The molecular formula is C20H28N4O2S. The van der Waals surface area contributed by atoms with Crippen molar-refractivity contribution in [2.75, 3.05) is 32.4 Å². The first-order valence-electron chi connectivity index (χ1n) is 9.12. The van der Waals surface area contributed by atoms with Crippen molar-refractivity contribution in [3.63, 3.8) is 0 Å². The van der Waals surface area contributed by atoms with Gasteiger partial charge >= 0.3 is 0 Å². The maximum atomic E-state index is 12.4. The molecule has 0 saturated carbocycles. The van der Waals surface area contributed by atoms with Gasteiger partial charge in [-0.2, -0.15) is 0 Å². The van der Waals surface area contributed by atoms with Gasteiger partial charge in [-0.25, -0.2) is 4.98 Å². The first-order chi connectivity index (χ1) is 12.9. The number of benzene rings is 1. The van der Waals surface area contributed by atoms with Crippen LogP contribution in [-0.4, -0.2) is 63.6 Å². The van der Waals surface area contributed by atoms with E-state index < -0.39 is 0 Å². The molecule has 0 saturated heterocycles. The zero-order valence-electron chi connectivity index (χ0n) is 16.7. The van der Waals surface area contributed by atoms with E-state index in [9.17, 15) is 9.59 Å². The van der Waals surface area contributed by atoms with Crippen molar-refractivity contribution in [2.45, 2.75) is 32.9 Å². The fourth-order valence-corrected chi connectivity index (χ4v) is 3.59. The van der Waals surface area contributed by atoms with Crippen molar-refractivity contribution in [3.8, 4) is 5.69 Å². The molecule has 0 aliphatic carbocycles. The summed E-state index contributed by atoms with van der Waals surface area (Å²) < 4.78 is 1.98. The molecule has 0 aliphatic rings. The Hall–Kier alpha value is -2.28. The number of carbonyl (C=O) groups excluding carboxylic acids is 2. The van der Waals surface area contributed by atoms with Gasteiger partial charge in [0.1, 0.15) is 0 Å². The van der Waals surface area contributed by atoms with Crippen LogP contribution in [-0.2, 0) is 9.59 Å². The summed E-state index contributed by atoms with van der Waals surface area (Å²) >= 11 is 1.38. The summed E-state index contributed by atoms with van der Waals surface area (Å²) in [6, 6.07) is 6.24. The third kappa shape index (κ3) is 5.35. The molecule has 0 aliphatic heterocycles. The lowest BCUT2D eigenvalue weighted by Crippen LogP contribution is -2.41. The summed E-state index contributed by atoms with van der Waals surface area (Å²) in [4.78, 5) is 32.2. The van der Waals surface area contributed by atoms with E-state index in [0.717, 1.165) is 10.8 Å². The van der Waals surface area contributed by atoms with Crippen molar-refractivity contribution in [1.82, 2.24) is 19.4 Å². The molecule has 2 aromatic rings. The molecule has 0 atom stereocenters. The molecule has 6 nitrogen and oxygen atoms in total. The highest BCUT2D eigenvalue weighted by Crippen LogP contribution is 2.22. The standard InChI is InChI=1S/C20H28N4O2S/c1-6-23(7-2)18(25)13-22(5)19(26)14-27-20-21-10-11-24(20)17-9-8-15(3)16(4)12-17/h8-12H,6-7,13-14H2,1-5H3. The highest BCUT2D eigenvalue weighted by Gasteiger charge is 2.17. The quantitative estimate of drug-likeness (QED) is 0.653. The zero-order valence-corrected chi connectivity index (χ0v) is 17.5. The summed E-state index contributed by atoms with van der Waals surface area (Å²) in [5.74, 6) is 0.122. The summed E-state index contributed by atoms with van der Waals surface area (Å²) in [6.07, 6.45) is 3.63. The minimum atomic E-state index is -0.0878. The second-order valence-electron chi connectivity index (χ2n) is 6.45. The number of aromatic nitrogens is 2. The van der Waals surface area contributed by atoms with E-state index in [2.05, 4.69) is 31.0 Å². The van der Waals surface area contributed by atoms with E-state index in [0.29, 0.717) is 13.1 Å². The molecule has 27 heavy (non-hydrogen) atoms. The molecule has 0 spiro atoms. The van der Waals surface area contributed by atoms with Crippen LogP contribution in [0, 0.1) is 13.8 Å². The number of thioether (sulfide) groups is 1. The number of rotatable bonds is 8. The van der Waals surface area contributed by atoms with Crippen LogP contribution in [0.25, 0.3) is 5.69 Å². The van der Waals surface area contributed by atoms with Gasteiger partial charge in [0.2, 0.25) is 11.8 Å². The Kier molecular flexibility index (Phi) is 7.47. The molecule has 0 unspecified atom stereocenters. The average molecular weight is 389 g/mol.